The van der Waals surface area contributed by atoms with Crippen LogP contribution in [0.3, 0.4) is 0 Å². The zero-order valence-corrected chi connectivity index (χ0v) is 40.7. The van der Waals surface area contributed by atoms with Gasteiger partial charge in [-0.25, -0.2) is 4.79 Å². The molecule has 25 heteroatoms. The molecule has 8 amide bonds. The Balaban J connectivity index is 1.71. The summed E-state index contributed by atoms with van der Waals surface area (Å²) in [7, 11) is 0. The Morgan fingerprint density at radius 1 is 0.722 bits per heavy atom. The van der Waals surface area contributed by atoms with Crippen molar-refractivity contribution in [2.75, 3.05) is 19.6 Å². The molecule has 0 saturated carbocycles. The van der Waals surface area contributed by atoms with Crippen molar-refractivity contribution in [2.45, 2.75) is 127 Å². The minimum absolute atomic E-state index is 0.0252. The third-order valence-corrected chi connectivity index (χ3v) is 11.7. The van der Waals surface area contributed by atoms with Crippen molar-refractivity contribution < 1.29 is 63.3 Å². The minimum Gasteiger partial charge on any atom is -0.508 e. The number of guanidine groups is 1. The fourth-order valence-electron chi connectivity index (χ4n) is 7.48. The van der Waals surface area contributed by atoms with E-state index in [-0.39, 0.29) is 56.9 Å². The number of hydrogen-bond donors (Lipinski definition) is 13. The zero-order chi connectivity index (χ0) is 53.7. The number of phenols is 1. The van der Waals surface area contributed by atoms with Gasteiger partial charge in [0.15, 0.2) is 5.96 Å². The highest BCUT2D eigenvalue weighted by molar-refractivity contribution is 5.98. The van der Waals surface area contributed by atoms with Crippen LogP contribution in [-0.2, 0) is 60.8 Å². The van der Waals surface area contributed by atoms with Gasteiger partial charge in [0, 0.05) is 25.9 Å². The number of aromatic hydroxyl groups is 1. The summed E-state index contributed by atoms with van der Waals surface area (Å²) in [4.78, 5) is 137. The van der Waals surface area contributed by atoms with Crippen LogP contribution in [0.5, 0.6) is 5.75 Å². The number of likely N-dealkylation sites (tertiary alicyclic amines) is 1. The molecule has 1 heterocycles. The van der Waals surface area contributed by atoms with E-state index >= 15 is 0 Å². The summed E-state index contributed by atoms with van der Waals surface area (Å²) in [6.07, 6.45) is -0.0293. The van der Waals surface area contributed by atoms with E-state index < -0.39 is 126 Å². The predicted molar refractivity (Wildman–Crippen MR) is 260 cm³/mol. The van der Waals surface area contributed by atoms with Crippen molar-refractivity contribution >= 4 is 65.2 Å². The van der Waals surface area contributed by atoms with E-state index in [1.165, 1.54) is 43.0 Å². The maximum Gasteiger partial charge on any atom is 0.326 e. The maximum absolute atomic E-state index is 14.3. The molecule has 72 heavy (non-hydrogen) atoms. The first-order valence-corrected chi connectivity index (χ1v) is 23.5. The summed E-state index contributed by atoms with van der Waals surface area (Å²) in [6.45, 7) is 5.63. The van der Waals surface area contributed by atoms with Crippen LogP contribution >= 0.6 is 0 Å². The lowest BCUT2D eigenvalue weighted by molar-refractivity contribution is -0.144. The number of aliphatic imine (C=N–C) groups is 1. The van der Waals surface area contributed by atoms with Crippen molar-refractivity contribution in [3.8, 4) is 5.75 Å². The van der Waals surface area contributed by atoms with Crippen molar-refractivity contribution in [3.63, 3.8) is 0 Å². The molecule has 25 nitrogen and oxygen atoms in total. The third-order valence-electron chi connectivity index (χ3n) is 11.7. The highest BCUT2D eigenvalue weighted by atomic mass is 16.4. The van der Waals surface area contributed by atoms with Gasteiger partial charge < -0.3 is 74.6 Å². The second-order valence-electron chi connectivity index (χ2n) is 17.5. The molecule has 1 saturated heterocycles. The van der Waals surface area contributed by atoms with Crippen LogP contribution in [0.2, 0.25) is 0 Å². The molecule has 0 spiro atoms. The average molecular weight is 1010 g/mol. The number of carbonyl (C=O) groups excluding carboxylic acids is 8. The molecule has 9 atom stereocenters. The molecule has 16 N–H and O–H groups in total. The lowest BCUT2D eigenvalue weighted by atomic mass is 9.96. The highest BCUT2D eigenvalue weighted by Gasteiger charge is 2.41. The average Bonchev–Trinajstić information content (AvgIpc) is 3.83. The lowest BCUT2D eigenvalue weighted by Crippen LogP contribution is -2.60. The molecule has 394 valence electrons. The Labute approximate surface area is 416 Å². The summed E-state index contributed by atoms with van der Waals surface area (Å²) < 4.78 is 0. The molecule has 1 aliphatic heterocycles. The molecule has 2 aromatic rings. The van der Waals surface area contributed by atoms with Crippen LogP contribution in [0, 0.1) is 5.92 Å². The van der Waals surface area contributed by atoms with Crippen LogP contribution in [0.15, 0.2) is 59.6 Å². The first kappa shape index (κ1) is 58.5. The van der Waals surface area contributed by atoms with Crippen molar-refractivity contribution in [1.82, 2.24) is 42.1 Å². The molecule has 0 unspecified atom stereocenters. The van der Waals surface area contributed by atoms with Gasteiger partial charge in [-0.05, 0) is 68.7 Å². The second-order valence-corrected chi connectivity index (χ2v) is 17.5. The van der Waals surface area contributed by atoms with Gasteiger partial charge in [0.2, 0.25) is 47.3 Å². The van der Waals surface area contributed by atoms with Gasteiger partial charge in [0.05, 0.1) is 19.0 Å². The fourth-order valence-corrected chi connectivity index (χ4v) is 7.48. The predicted octanol–water partition coefficient (Wildman–Crippen LogP) is -2.78. The van der Waals surface area contributed by atoms with Gasteiger partial charge in [-0.1, -0.05) is 62.7 Å². The van der Waals surface area contributed by atoms with Crippen molar-refractivity contribution in [3.05, 3.63) is 65.7 Å². The number of carbonyl (C=O) groups is 10. The number of nitrogens with two attached hydrogens (primary N) is 3. The largest absolute Gasteiger partial charge is 0.508 e. The summed E-state index contributed by atoms with van der Waals surface area (Å²) in [5, 5.41) is 46.4. The van der Waals surface area contributed by atoms with Crippen LogP contribution in [0.25, 0.3) is 0 Å². The van der Waals surface area contributed by atoms with Gasteiger partial charge in [0.25, 0.3) is 0 Å². The molecule has 2 aromatic carbocycles. The Morgan fingerprint density at radius 2 is 1.31 bits per heavy atom. The van der Waals surface area contributed by atoms with E-state index in [9.17, 15) is 63.3 Å². The van der Waals surface area contributed by atoms with Crippen molar-refractivity contribution in [1.29, 1.82) is 0 Å². The Hall–Kier alpha value is -7.83. The first-order valence-electron chi connectivity index (χ1n) is 23.5. The highest BCUT2D eigenvalue weighted by Crippen LogP contribution is 2.22. The Kier molecular flexibility index (Phi) is 23.3. The number of hydrogen-bond acceptors (Lipinski definition) is 13. The van der Waals surface area contributed by atoms with Gasteiger partial charge >= 0.3 is 11.9 Å². The smallest absolute Gasteiger partial charge is 0.326 e. The molecule has 1 aliphatic rings. The van der Waals surface area contributed by atoms with Crippen molar-refractivity contribution in [2.24, 2.45) is 28.1 Å². The Morgan fingerprint density at radius 3 is 1.90 bits per heavy atom. The minimum atomic E-state index is -1.72. The third kappa shape index (κ3) is 19.2. The van der Waals surface area contributed by atoms with Gasteiger partial charge in [-0.2, -0.15) is 0 Å². The normalized spacial score (nSPS) is 16.3. The van der Waals surface area contributed by atoms with Crippen LogP contribution in [-0.4, -0.2) is 153 Å². The SMILES string of the molecule is CC[C@H](C)[C@H](NC(=O)[C@H](CC(=O)O)NC(=O)[C@H](CCCN=C(N)N)NC(=O)[C@H](C)N)C(=O)N1CCC[C@H]1C(=O)NCC(=O)N[C@@H](Cc1ccccc1)C(=O)N[C@@H](C)C(=O)N[C@@H](Cc1ccc(O)cc1)C(=O)O. The number of benzene rings is 2. The topological polar surface area (TPSA) is 409 Å². The fraction of sp³-hybridized carbons (Fsp3) is 0.511. The molecular formula is C47H68N12O13. The number of nitrogens with zero attached hydrogens (tertiary/aromatic N) is 2. The molecule has 0 aromatic heterocycles. The number of aliphatic carboxylic acids is 2. The van der Waals surface area contributed by atoms with E-state index in [2.05, 4.69) is 42.2 Å². The molecule has 0 radical (unpaired) electrons. The Bertz CT molecular complexity index is 2260. The lowest BCUT2D eigenvalue weighted by Gasteiger charge is -2.32. The number of nitrogens with one attached hydrogen (secondary N) is 7. The van der Waals surface area contributed by atoms with E-state index in [0.717, 1.165) is 0 Å². The number of phenolic OH excluding ortho intramolecular Hbond substituents is 1. The van der Waals surface area contributed by atoms with Gasteiger partial charge in [-0.3, -0.25) is 48.1 Å². The maximum atomic E-state index is 14.3. The summed E-state index contributed by atoms with van der Waals surface area (Å²) in [5.41, 5.74) is 17.6. The molecule has 3 rings (SSSR count). The molecule has 0 aliphatic carbocycles. The summed E-state index contributed by atoms with van der Waals surface area (Å²) in [5.74, 6) is -10.1. The van der Waals surface area contributed by atoms with Crippen LogP contribution in [0.4, 0.5) is 0 Å². The van der Waals surface area contributed by atoms with Gasteiger partial charge in [-0.15, -0.1) is 0 Å². The number of amides is 8. The molecule has 1 fully saturated rings. The molecule has 0 bridgehead atoms. The van der Waals surface area contributed by atoms with E-state index in [4.69, 9.17) is 17.2 Å². The summed E-state index contributed by atoms with van der Waals surface area (Å²) in [6, 6.07) is 3.95. The van der Waals surface area contributed by atoms with E-state index in [1.54, 1.807) is 44.2 Å². The zero-order valence-electron chi connectivity index (χ0n) is 40.7. The van der Waals surface area contributed by atoms with E-state index in [1.807, 2.05) is 0 Å². The summed E-state index contributed by atoms with van der Waals surface area (Å²) >= 11 is 0. The standard InChI is InChI=1S/C47H68N12O13/c1-5-25(2)38(58-43(68)33(23-37(62)63)56-41(66)31(55-39(64)26(3)48)13-9-19-51-47(49)50)45(70)59-20-10-14-35(59)44(69)52-24-36(61)54-32(21-28-11-7-6-8-12-28)42(67)53-27(4)40(65)57-34(46(71)72)22-29-15-17-30(60)18-16-29/h6-8,11-12,15-18,25-27,31-35,38,60H,5,9-10,13-14,19-24,48H2,1-4H3,(H,52,69)(H,53,67)(H,54,61)(H,55,64)(H,56,66)(H,57,65)(H,58,68)(H,62,63)(H,71,72)(H4,49,50,51)/t25-,26-,27-,31-,32-,33-,34-,35-,38-/m0/s1. The van der Waals surface area contributed by atoms with Crippen LogP contribution in [0.1, 0.15) is 77.3 Å². The number of rotatable bonds is 28. The number of carboxylic acids is 2. The monoisotopic (exact) mass is 1010 g/mol. The van der Waals surface area contributed by atoms with Crippen LogP contribution < -0.4 is 54.4 Å². The second kappa shape index (κ2) is 28.7. The first-order chi connectivity index (χ1) is 34.0. The quantitative estimate of drug-likeness (QED) is 0.0233. The van der Waals surface area contributed by atoms with E-state index in [0.29, 0.717) is 24.0 Å². The van der Waals surface area contributed by atoms with Gasteiger partial charge in [0.1, 0.15) is 48.0 Å². The number of carboxylic acid groups (broad SMARTS) is 2. The molecular weight excluding hydrogens is 941 g/mol.